The van der Waals surface area contributed by atoms with Crippen molar-refractivity contribution in [1.29, 1.82) is 10.5 Å². The first-order valence-electron chi connectivity index (χ1n) is 8.50. The van der Waals surface area contributed by atoms with Crippen LogP contribution in [-0.4, -0.2) is 19.9 Å². The smallest absolute Gasteiger partial charge is 0.152 e. The fraction of sp³-hybridized carbons (Fsp3) is 0.300. The third-order valence-corrected chi connectivity index (χ3v) is 6.78. The van der Waals surface area contributed by atoms with Crippen LogP contribution in [-0.2, 0) is 22.7 Å². The Morgan fingerprint density at radius 2 is 1.00 bits per heavy atom. The van der Waals surface area contributed by atoms with E-state index in [4.69, 9.17) is 46.4 Å². The van der Waals surface area contributed by atoms with Crippen LogP contribution in [0, 0.1) is 34.5 Å². The zero-order valence-electron chi connectivity index (χ0n) is 15.1. The largest absolute Gasteiger partial charge is 0.229 e. The van der Waals surface area contributed by atoms with Crippen LogP contribution in [0.5, 0.6) is 0 Å². The molecule has 0 radical (unpaired) electrons. The average Bonchev–Trinajstić information content (AvgIpc) is 2.58. The van der Waals surface area contributed by atoms with E-state index in [9.17, 15) is 18.9 Å². The number of hydrogen-bond acceptors (Lipinski definition) is 4. The van der Waals surface area contributed by atoms with E-state index in [1.54, 1.807) is 36.4 Å². The zero-order valence-corrected chi connectivity index (χ0v) is 18.9. The molecule has 0 aliphatic carbocycles. The Labute approximate surface area is 190 Å². The van der Waals surface area contributed by atoms with E-state index in [1.807, 2.05) is 12.1 Å². The SMILES string of the molecule is N#CC(Cc1cc(Cl)cc(Cl)c1)CS(=O)(=O)CC(C#N)Cc1cc(Cl)cc(Cl)c1. The molecule has 29 heavy (non-hydrogen) atoms. The summed E-state index contributed by atoms with van der Waals surface area (Å²) < 4.78 is 25.2. The second-order valence-electron chi connectivity index (χ2n) is 6.69. The van der Waals surface area contributed by atoms with Gasteiger partial charge in [0.25, 0.3) is 0 Å². The molecule has 0 amide bonds. The number of halogens is 4. The van der Waals surface area contributed by atoms with Gasteiger partial charge in [0.2, 0.25) is 0 Å². The number of hydrogen-bond donors (Lipinski definition) is 0. The lowest BCUT2D eigenvalue weighted by Crippen LogP contribution is -2.24. The molecule has 0 N–H and O–H groups in total. The van der Waals surface area contributed by atoms with E-state index < -0.39 is 21.7 Å². The summed E-state index contributed by atoms with van der Waals surface area (Å²) in [6.45, 7) is 0. The van der Waals surface area contributed by atoms with Gasteiger partial charge in [-0.05, 0) is 60.4 Å². The highest BCUT2D eigenvalue weighted by Gasteiger charge is 2.24. The van der Waals surface area contributed by atoms with Gasteiger partial charge in [-0.3, -0.25) is 0 Å². The number of nitrogens with zero attached hydrogens (tertiary/aromatic N) is 2. The second-order valence-corrected chi connectivity index (χ2v) is 10.6. The predicted octanol–water partition coefficient (Wildman–Crippen LogP) is 5.78. The number of rotatable bonds is 8. The Morgan fingerprint density at radius 3 is 1.28 bits per heavy atom. The van der Waals surface area contributed by atoms with Gasteiger partial charge >= 0.3 is 0 Å². The summed E-state index contributed by atoms with van der Waals surface area (Å²) in [5, 5.41) is 20.5. The molecule has 152 valence electrons. The molecule has 0 aromatic heterocycles. The maximum absolute atomic E-state index is 12.6. The van der Waals surface area contributed by atoms with E-state index in [0.717, 1.165) is 0 Å². The topological polar surface area (TPSA) is 81.7 Å². The highest BCUT2D eigenvalue weighted by molar-refractivity contribution is 7.91. The normalized spacial score (nSPS) is 13.3. The molecular formula is C20H16Cl4N2O2S. The van der Waals surface area contributed by atoms with Gasteiger partial charge in [-0.15, -0.1) is 0 Å². The second kappa shape index (κ2) is 10.5. The van der Waals surface area contributed by atoms with E-state index in [1.165, 1.54) is 0 Å². The minimum absolute atomic E-state index is 0.192. The molecule has 0 aliphatic heterocycles. The molecule has 2 aromatic rings. The van der Waals surface area contributed by atoms with Crippen LogP contribution in [0.4, 0.5) is 0 Å². The van der Waals surface area contributed by atoms with E-state index >= 15 is 0 Å². The van der Waals surface area contributed by atoms with Crippen LogP contribution in [0.3, 0.4) is 0 Å². The van der Waals surface area contributed by atoms with Gasteiger partial charge in [0.15, 0.2) is 9.84 Å². The molecular weight excluding hydrogens is 474 g/mol. The molecule has 0 fully saturated rings. The summed E-state index contributed by atoms with van der Waals surface area (Å²) in [5.74, 6) is -2.28. The first-order chi connectivity index (χ1) is 13.6. The van der Waals surface area contributed by atoms with Gasteiger partial charge in [-0.2, -0.15) is 10.5 Å². The van der Waals surface area contributed by atoms with Crippen LogP contribution >= 0.6 is 46.4 Å². The maximum atomic E-state index is 12.6. The van der Waals surface area contributed by atoms with Crippen molar-refractivity contribution in [2.24, 2.45) is 11.8 Å². The Kier molecular flexibility index (Phi) is 8.64. The molecule has 2 aromatic carbocycles. The molecule has 0 aliphatic rings. The fourth-order valence-electron chi connectivity index (χ4n) is 2.99. The standard InChI is InChI=1S/C20H16Cl4N2O2S/c21-17-3-13(4-18(22)7-17)1-15(9-25)11-29(27,28)12-16(10-26)2-14-5-19(23)8-20(24)6-14/h3-8,15-16H,1-2,11-12H2. The van der Waals surface area contributed by atoms with Crippen molar-refractivity contribution in [3.63, 3.8) is 0 Å². The minimum Gasteiger partial charge on any atom is -0.229 e. The lowest BCUT2D eigenvalue weighted by atomic mass is 10.0. The first kappa shape index (κ1) is 23.8. The highest BCUT2D eigenvalue weighted by Crippen LogP contribution is 2.24. The molecule has 2 atom stereocenters. The summed E-state index contributed by atoms with van der Waals surface area (Å²) in [6, 6.07) is 13.7. The molecule has 0 bridgehead atoms. The van der Waals surface area contributed by atoms with Crippen LogP contribution in [0.15, 0.2) is 36.4 Å². The van der Waals surface area contributed by atoms with Crippen molar-refractivity contribution in [1.82, 2.24) is 0 Å². The van der Waals surface area contributed by atoms with Gasteiger partial charge in [0, 0.05) is 20.1 Å². The number of benzene rings is 2. The van der Waals surface area contributed by atoms with Gasteiger partial charge in [0.1, 0.15) is 0 Å². The Morgan fingerprint density at radius 1 is 0.690 bits per heavy atom. The first-order valence-corrected chi connectivity index (χ1v) is 11.8. The average molecular weight is 490 g/mol. The number of sulfone groups is 1. The van der Waals surface area contributed by atoms with Crippen LogP contribution in [0.25, 0.3) is 0 Å². The van der Waals surface area contributed by atoms with Crippen molar-refractivity contribution < 1.29 is 8.42 Å². The van der Waals surface area contributed by atoms with Crippen LogP contribution < -0.4 is 0 Å². The molecule has 2 unspecified atom stereocenters. The fourth-order valence-corrected chi connectivity index (χ4v) is 5.88. The van der Waals surface area contributed by atoms with E-state index in [0.29, 0.717) is 31.2 Å². The molecule has 0 saturated carbocycles. The molecule has 2 rings (SSSR count). The Hall–Kier alpha value is -1.47. The van der Waals surface area contributed by atoms with Crippen LogP contribution in [0.1, 0.15) is 11.1 Å². The molecule has 0 saturated heterocycles. The zero-order chi connectivity index (χ0) is 21.6. The van der Waals surface area contributed by atoms with Crippen molar-refractivity contribution in [2.45, 2.75) is 12.8 Å². The maximum Gasteiger partial charge on any atom is 0.152 e. The summed E-state index contributed by atoms with van der Waals surface area (Å²) in [6.07, 6.45) is 0.383. The van der Waals surface area contributed by atoms with Gasteiger partial charge in [0.05, 0.1) is 35.5 Å². The van der Waals surface area contributed by atoms with Gasteiger partial charge in [-0.25, -0.2) is 8.42 Å². The quantitative estimate of drug-likeness (QED) is 0.470. The Bertz CT molecular complexity index is 955. The highest BCUT2D eigenvalue weighted by atomic mass is 35.5. The minimum atomic E-state index is -3.66. The molecule has 0 spiro atoms. The van der Waals surface area contributed by atoms with Crippen LogP contribution in [0.2, 0.25) is 20.1 Å². The summed E-state index contributed by atoms with van der Waals surface area (Å²) in [4.78, 5) is 0. The summed E-state index contributed by atoms with van der Waals surface area (Å²) in [7, 11) is -3.66. The predicted molar refractivity (Wildman–Crippen MR) is 117 cm³/mol. The number of nitriles is 2. The van der Waals surface area contributed by atoms with E-state index in [2.05, 4.69) is 0 Å². The van der Waals surface area contributed by atoms with Crippen molar-refractivity contribution in [3.05, 3.63) is 67.6 Å². The van der Waals surface area contributed by atoms with Crippen molar-refractivity contribution in [3.8, 4) is 12.1 Å². The molecule has 0 heterocycles. The van der Waals surface area contributed by atoms with Gasteiger partial charge in [-0.1, -0.05) is 46.4 Å². The lowest BCUT2D eigenvalue weighted by molar-refractivity contribution is 0.573. The van der Waals surface area contributed by atoms with Crippen molar-refractivity contribution >= 4 is 56.2 Å². The monoisotopic (exact) mass is 488 g/mol. The Balaban J connectivity index is 2.07. The van der Waals surface area contributed by atoms with Gasteiger partial charge < -0.3 is 0 Å². The third kappa shape index (κ3) is 8.05. The van der Waals surface area contributed by atoms with Crippen molar-refractivity contribution in [2.75, 3.05) is 11.5 Å². The molecule has 9 heteroatoms. The third-order valence-electron chi connectivity index (χ3n) is 4.08. The summed E-state index contributed by atoms with van der Waals surface area (Å²) >= 11 is 23.8. The molecule has 4 nitrogen and oxygen atoms in total. The van der Waals surface area contributed by atoms with E-state index in [-0.39, 0.29) is 24.3 Å². The lowest BCUT2D eigenvalue weighted by Gasteiger charge is -2.14. The summed E-state index contributed by atoms with van der Waals surface area (Å²) in [5.41, 5.74) is 1.35.